The topological polar surface area (TPSA) is 86.2 Å². The molecule has 3 aromatic rings. The van der Waals surface area contributed by atoms with Crippen LogP contribution < -0.4 is 0 Å². The summed E-state index contributed by atoms with van der Waals surface area (Å²) >= 11 is 1.54. The van der Waals surface area contributed by atoms with E-state index in [2.05, 4.69) is 6.07 Å². The van der Waals surface area contributed by atoms with Crippen LogP contribution in [-0.4, -0.2) is 20.7 Å². The van der Waals surface area contributed by atoms with E-state index >= 15 is 0 Å². The number of hydrogen-bond acceptors (Lipinski definition) is 4. The molecule has 1 aromatic carbocycles. The van der Waals surface area contributed by atoms with Crippen LogP contribution in [0.1, 0.15) is 20.8 Å². The number of phenols is 1. The lowest BCUT2D eigenvalue weighted by Crippen LogP contribution is -1.98. The van der Waals surface area contributed by atoms with Gasteiger partial charge >= 0.3 is 5.97 Å². The van der Waals surface area contributed by atoms with Crippen LogP contribution in [0.5, 0.6) is 5.75 Å². The highest BCUT2D eigenvalue weighted by atomic mass is 32.1. The standard InChI is InChI=1S/C15H10N2O3S/c1-8-4-12-9(6-16)7-17(14(12)21-8)10-2-3-11(15(19)20)13(18)5-10/h2-5,7,18H,1H3,(H,19,20). The molecule has 3 rings (SSSR count). The van der Waals surface area contributed by atoms with Crippen molar-refractivity contribution < 1.29 is 15.0 Å². The highest BCUT2D eigenvalue weighted by Crippen LogP contribution is 2.33. The molecule has 2 aromatic heterocycles. The fraction of sp³-hybridized carbons (Fsp3) is 0.0667. The molecule has 0 aliphatic heterocycles. The predicted octanol–water partition coefficient (Wildman–Crippen LogP) is 3.28. The van der Waals surface area contributed by atoms with Gasteiger partial charge in [0.1, 0.15) is 22.2 Å². The molecular weight excluding hydrogens is 288 g/mol. The zero-order valence-electron chi connectivity index (χ0n) is 11.0. The molecule has 2 N–H and O–H groups in total. The van der Waals surface area contributed by atoms with Gasteiger partial charge in [-0.1, -0.05) is 0 Å². The minimum atomic E-state index is -1.18. The van der Waals surface area contributed by atoms with E-state index in [1.807, 2.05) is 13.0 Å². The van der Waals surface area contributed by atoms with Gasteiger partial charge in [0.25, 0.3) is 0 Å². The zero-order chi connectivity index (χ0) is 15.1. The van der Waals surface area contributed by atoms with Gasteiger partial charge in [0.05, 0.1) is 11.3 Å². The van der Waals surface area contributed by atoms with Gasteiger partial charge in [0, 0.05) is 22.5 Å². The molecule has 0 amide bonds. The summed E-state index contributed by atoms with van der Waals surface area (Å²) in [7, 11) is 0. The molecule has 5 nitrogen and oxygen atoms in total. The van der Waals surface area contributed by atoms with E-state index < -0.39 is 5.97 Å². The first-order valence-electron chi connectivity index (χ1n) is 6.09. The van der Waals surface area contributed by atoms with Gasteiger partial charge in [-0.15, -0.1) is 11.3 Å². The number of nitriles is 1. The third-order valence-electron chi connectivity index (χ3n) is 3.21. The first kappa shape index (κ1) is 13.2. The van der Waals surface area contributed by atoms with Crippen molar-refractivity contribution in [1.82, 2.24) is 4.57 Å². The van der Waals surface area contributed by atoms with Crippen molar-refractivity contribution in [2.24, 2.45) is 0 Å². The van der Waals surface area contributed by atoms with Gasteiger partial charge in [0.15, 0.2) is 0 Å². The number of carboxylic acids is 1. The van der Waals surface area contributed by atoms with Crippen LogP contribution in [0, 0.1) is 18.3 Å². The van der Waals surface area contributed by atoms with Crippen LogP contribution in [-0.2, 0) is 0 Å². The van der Waals surface area contributed by atoms with Gasteiger partial charge < -0.3 is 14.8 Å². The lowest BCUT2D eigenvalue weighted by atomic mass is 10.2. The molecule has 21 heavy (non-hydrogen) atoms. The molecule has 2 heterocycles. The first-order chi connectivity index (χ1) is 10.0. The lowest BCUT2D eigenvalue weighted by Gasteiger charge is -2.06. The molecule has 6 heteroatoms. The van der Waals surface area contributed by atoms with Gasteiger partial charge in [0.2, 0.25) is 0 Å². The normalized spacial score (nSPS) is 10.7. The number of fused-ring (bicyclic) bond motifs is 1. The predicted molar refractivity (Wildman–Crippen MR) is 79.2 cm³/mol. The van der Waals surface area contributed by atoms with E-state index in [9.17, 15) is 15.2 Å². The number of rotatable bonds is 2. The van der Waals surface area contributed by atoms with Gasteiger partial charge in [-0.3, -0.25) is 0 Å². The number of benzene rings is 1. The monoisotopic (exact) mass is 298 g/mol. The second kappa shape index (κ2) is 4.65. The van der Waals surface area contributed by atoms with Crippen LogP contribution in [0.15, 0.2) is 30.5 Å². The SMILES string of the molecule is Cc1cc2c(C#N)cn(-c3ccc(C(=O)O)c(O)c3)c2s1. The fourth-order valence-electron chi connectivity index (χ4n) is 2.26. The smallest absolute Gasteiger partial charge is 0.339 e. The van der Waals surface area contributed by atoms with E-state index in [4.69, 9.17) is 5.11 Å². The van der Waals surface area contributed by atoms with Crippen LogP contribution in [0.4, 0.5) is 0 Å². The summed E-state index contributed by atoms with van der Waals surface area (Å²) in [5, 5.41) is 28.8. The van der Waals surface area contributed by atoms with Crippen LogP contribution in [0.25, 0.3) is 15.9 Å². The van der Waals surface area contributed by atoms with E-state index in [1.54, 1.807) is 28.2 Å². The highest BCUT2D eigenvalue weighted by molar-refractivity contribution is 7.18. The van der Waals surface area contributed by atoms with E-state index in [0.717, 1.165) is 15.1 Å². The second-order valence-corrected chi connectivity index (χ2v) is 5.84. The van der Waals surface area contributed by atoms with E-state index in [0.29, 0.717) is 11.3 Å². The average molecular weight is 298 g/mol. The number of aryl methyl sites for hydroxylation is 1. The molecular formula is C15H10N2O3S. The molecule has 0 spiro atoms. The molecule has 0 bridgehead atoms. The number of aromatic nitrogens is 1. The molecule has 0 aliphatic rings. The maximum atomic E-state index is 10.9. The Hall–Kier alpha value is -2.78. The van der Waals surface area contributed by atoms with Crippen LogP contribution in [0.2, 0.25) is 0 Å². The van der Waals surface area contributed by atoms with Crippen molar-refractivity contribution in [3.63, 3.8) is 0 Å². The Kier molecular flexibility index (Phi) is 2.92. The number of nitrogens with zero attached hydrogens (tertiary/aromatic N) is 2. The van der Waals surface area contributed by atoms with Crippen molar-refractivity contribution in [3.05, 3.63) is 46.5 Å². The summed E-state index contributed by atoms with van der Waals surface area (Å²) in [6.07, 6.45) is 1.69. The summed E-state index contributed by atoms with van der Waals surface area (Å²) in [4.78, 5) is 12.9. The maximum absolute atomic E-state index is 10.9. The first-order valence-corrected chi connectivity index (χ1v) is 6.91. The second-order valence-electron chi connectivity index (χ2n) is 4.61. The number of carboxylic acid groups (broad SMARTS) is 1. The number of aromatic carboxylic acids is 1. The third-order valence-corrected chi connectivity index (χ3v) is 4.26. The Morgan fingerprint density at radius 2 is 2.14 bits per heavy atom. The lowest BCUT2D eigenvalue weighted by molar-refractivity contribution is 0.0694. The molecule has 0 radical (unpaired) electrons. The summed E-state index contributed by atoms with van der Waals surface area (Å²) in [6, 6.07) is 8.44. The minimum Gasteiger partial charge on any atom is -0.507 e. The third kappa shape index (κ3) is 2.04. The fourth-order valence-corrected chi connectivity index (χ4v) is 3.28. The molecule has 0 saturated carbocycles. The van der Waals surface area contributed by atoms with E-state index in [-0.39, 0.29) is 11.3 Å². The largest absolute Gasteiger partial charge is 0.507 e. The minimum absolute atomic E-state index is 0.148. The Bertz CT molecular complexity index is 915. The summed E-state index contributed by atoms with van der Waals surface area (Å²) in [5.41, 5.74) is 1.02. The zero-order valence-corrected chi connectivity index (χ0v) is 11.8. The molecule has 0 fully saturated rings. The summed E-state index contributed by atoms with van der Waals surface area (Å²) in [5.74, 6) is -1.48. The highest BCUT2D eigenvalue weighted by Gasteiger charge is 2.15. The van der Waals surface area contributed by atoms with Crippen molar-refractivity contribution in [3.8, 4) is 17.5 Å². The van der Waals surface area contributed by atoms with Crippen molar-refractivity contribution >= 4 is 27.5 Å². The molecule has 0 unspecified atom stereocenters. The van der Waals surface area contributed by atoms with Crippen LogP contribution >= 0.6 is 11.3 Å². The molecule has 0 atom stereocenters. The number of hydrogen-bond donors (Lipinski definition) is 2. The Balaban J connectivity index is 2.23. The maximum Gasteiger partial charge on any atom is 0.339 e. The number of carbonyl (C=O) groups is 1. The van der Waals surface area contributed by atoms with Crippen molar-refractivity contribution in [2.75, 3.05) is 0 Å². The summed E-state index contributed by atoms with van der Waals surface area (Å²) < 4.78 is 1.79. The quantitative estimate of drug-likeness (QED) is 0.760. The Labute approximate surface area is 123 Å². The number of thiophene rings is 1. The van der Waals surface area contributed by atoms with Gasteiger partial charge in [-0.25, -0.2) is 4.79 Å². The Morgan fingerprint density at radius 3 is 2.76 bits per heavy atom. The van der Waals surface area contributed by atoms with Crippen molar-refractivity contribution in [1.29, 1.82) is 5.26 Å². The van der Waals surface area contributed by atoms with Gasteiger partial charge in [-0.2, -0.15) is 5.26 Å². The molecule has 0 aliphatic carbocycles. The van der Waals surface area contributed by atoms with Crippen LogP contribution in [0.3, 0.4) is 0 Å². The number of aromatic hydroxyl groups is 1. The van der Waals surface area contributed by atoms with Crippen molar-refractivity contribution in [2.45, 2.75) is 6.92 Å². The van der Waals surface area contributed by atoms with E-state index in [1.165, 1.54) is 12.1 Å². The molecule has 0 saturated heterocycles. The Morgan fingerprint density at radius 1 is 1.38 bits per heavy atom. The van der Waals surface area contributed by atoms with Gasteiger partial charge in [-0.05, 0) is 25.1 Å². The average Bonchev–Trinajstić information content (AvgIpc) is 2.95. The molecule has 104 valence electrons. The summed E-state index contributed by atoms with van der Waals surface area (Å²) in [6.45, 7) is 1.96.